The molecule has 0 aromatic heterocycles. The third-order valence-corrected chi connectivity index (χ3v) is 7.00. The third-order valence-electron chi connectivity index (χ3n) is 5.70. The molecule has 0 radical (unpaired) electrons. The van der Waals surface area contributed by atoms with E-state index in [0.29, 0.717) is 31.0 Å². The molecular formula is C15H31N3O2S. The molecule has 0 aromatic carbocycles. The van der Waals surface area contributed by atoms with Crippen LogP contribution in [0.15, 0.2) is 0 Å². The smallest absolute Gasteiger partial charge is 0.211 e. The van der Waals surface area contributed by atoms with Crippen LogP contribution in [0.5, 0.6) is 0 Å². The predicted molar refractivity (Wildman–Crippen MR) is 86.6 cm³/mol. The summed E-state index contributed by atoms with van der Waals surface area (Å²) in [5, 5.41) is 0. The summed E-state index contributed by atoms with van der Waals surface area (Å²) in [5.74, 6) is 0.552. The molecule has 5 nitrogen and oxygen atoms in total. The zero-order valence-corrected chi connectivity index (χ0v) is 14.7. The van der Waals surface area contributed by atoms with Crippen molar-refractivity contribution in [3.05, 3.63) is 0 Å². The molecule has 2 rings (SSSR count). The zero-order valence-electron chi connectivity index (χ0n) is 13.9. The first kappa shape index (κ1) is 17.2. The van der Waals surface area contributed by atoms with E-state index in [1.54, 1.807) is 4.31 Å². The Bertz CT molecular complexity index is 469. The SMILES string of the molecule is CC1CC(C)(C)CCC1(CN)N1CCN(S(C)(=O)=O)CC1. The Morgan fingerprint density at radius 1 is 1.14 bits per heavy atom. The van der Waals surface area contributed by atoms with Gasteiger partial charge in [0, 0.05) is 38.3 Å². The molecule has 2 unspecified atom stereocenters. The van der Waals surface area contributed by atoms with Crippen LogP contribution in [0.1, 0.15) is 40.0 Å². The average molecular weight is 317 g/mol. The lowest BCUT2D eigenvalue weighted by molar-refractivity contribution is -0.0360. The van der Waals surface area contributed by atoms with Gasteiger partial charge in [0.15, 0.2) is 0 Å². The van der Waals surface area contributed by atoms with Crippen molar-refractivity contribution in [1.29, 1.82) is 0 Å². The Kier molecular flexibility index (Phi) is 4.74. The number of nitrogens with two attached hydrogens (primary N) is 1. The fraction of sp³-hybridized carbons (Fsp3) is 1.00. The second-order valence-corrected chi connectivity index (χ2v) is 9.71. The van der Waals surface area contributed by atoms with E-state index in [1.165, 1.54) is 19.1 Å². The zero-order chi connectivity index (χ0) is 15.9. The van der Waals surface area contributed by atoms with Gasteiger partial charge in [0.25, 0.3) is 0 Å². The predicted octanol–water partition coefficient (Wildman–Crippen LogP) is 1.11. The van der Waals surface area contributed by atoms with Crippen molar-refractivity contribution < 1.29 is 8.42 Å². The number of sulfonamides is 1. The van der Waals surface area contributed by atoms with E-state index < -0.39 is 10.0 Å². The van der Waals surface area contributed by atoms with Gasteiger partial charge in [-0.3, -0.25) is 4.90 Å². The molecule has 2 atom stereocenters. The lowest BCUT2D eigenvalue weighted by Crippen LogP contribution is -2.65. The van der Waals surface area contributed by atoms with Crippen molar-refractivity contribution in [2.24, 2.45) is 17.1 Å². The number of hydrogen-bond donors (Lipinski definition) is 1. The highest BCUT2D eigenvalue weighted by Gasteiger charge is 2.47. The molecule has 0 aromatic rings. The van der Waals surface area contributed by atoms with Crippen LogP contribution in [0.4, 0.5) is 0 Å². The molecule has 2 aliphatic rings. The second kappa shape index (κ2) is 5.80. The van der Waals surface area contributed by atoms with Crippen LogP contribution in [-0.4, -0.2) is 62.1 Å². The Morgan fingerprint density at radius 3 is 2.14 bits per heavy atom. The number of nitrogens with zero attached hydrogens (tertiary/aromatic N) is 2. The highest BCUT2D eigenvalue weighted by molar-refractivity contribution is 7.88. The monoisotopic (exact) mass is 317 g/mol. The van der Waals surface area contributed by atoms with E-state index in [9.17, 15) is 8.42 Å². The quantitative estimate of drug-likeness (QED) is 0.847. The van der Waals surface area contributed by atoms with E-state index >= 15 is 0 Å². The van der Waals surface area contributed by atoms with Crippen molar-refractivity contribution in [3.63, 3.8) is 0 Å². The minimum absolute atomic E-state index is 0.0547. The highest BCUT2D eigenvalue weighted by atomic mass is 32.2. The van der Waals surface area contributed by atoms with Crippen LogP contribution in [0, 0.1) is 11.3 Å². The van der Waals surface area contributed by atoms with Gasteiger partial charge in [-0.05, 0) is 30.6 Å². The van der Waals surface area contributed by atoms with Crippen molar-refractivity contribution >= 4 is 10.0 Å². The number of hydrogen-bond acceptors (Lipinski definition) is 4. The van der Waals surface area contributed by atoms with Gasteiger partial charge in [-0.25, -0.2) is 8.42 Å². The fourth-order valence-corrected chi connectivity index (χ4v) is 5.12. The molecule has 0 spiro atoms. The van der Waals surface area contributed by atoms with Gasteiger partial charge in [-0.1, -0.05) is 20.8 Å². The van der Waals surface area contributed by atoms with Crippen molar-refractivity contribution in [2.45, 2.75) is 45.6 Å². The van der Waals surface area contributed by atoms with Gasteiger partial charge in [-0.2, -0.15) is 4.31 Å². The van der Waals surface area contributed by atoms with Gasteiger partial charge >= 0.3 is 0 Å². The molecule has 1 saturated heterocycles. The first-order valence-electron chi connectivity index (χ1n) is 8.01. The molecular weight excluding hydrogens is 286 g/mol. The molecule has 1 aliphatic heterocycles. The average Bonchev–Trinajstić information content (AvgIpc) is 2.38. The summed E-state index contributed by atoms with van der Waals surface area (Å²) in [4.78, 5) is 2.47. The van der Waals surface area contributed by atoms with Crippen molar-refractivity contribution in [2.75, 3.05) is 39.0 Å². The summed E-state index contributed by atoms with van der Waals surface area (Å²) in [7, 11) is -3.06. The van der Waals surface area contributed by atoms with Gasteiger partial charge in [0.1, 0.15) is 0 Å². The Morgan fingerprint density at radius 2 is 1.71 bits per heavy atom. The topological polar surface area (TPSA) is 66.6 Å². The Balaban J connectivity index is 2.10. The maximum absolute atomic E-state index is 11.7. The first-order valence-corrected chi connectivity index (χ1v) is 9.86. The van der Waals surface area contributed by atoms with Crippen molar-refractivity contribution in [1.82, 2.24) is 9.21 Å². The van der Waals surface area contributed by atoms with Gasteiger partial charge in [0.2, 0.25) is 10.0 Å². The molecule has 6 heteroatoms. The molecule has 1 saturated carbocycles. The van der Waals surface area contributed by atoms with Gasteiger partial charge in [-0.15, -0.1) is 0 Å². The minimum atomic E-state index is -3.06. The standard InChI is InChI=1S/C15H31N3O2S/c1-13-11-14(2,3)5-6-15(13,12-16)17-7-9-18(10-8-17)21(4,19)20/h13H,5-12,16H2,1-4H3. The molecule has 0 amide bonds. The molecule has 21 heavy (non-hydrogen) atoms. The van der Waals surface area contributed by atoms with E-state index in [0.717, 1.165) is 19.5 Å². The molecule has 2 N–H and O–H groups in total. The van der Waals surface area contributed by atoms with E-state index in [1.807, 2.05) is 0 Å². The lowest BCUT2D eigenvalue weighted by atomic mass is 9.63. The van der Waals surface area contributed by atoms with Crippen LogP contribution >= 0.6 is 0 Å². The summed E-state index contributed by atoms with van der Waals surface area (Å²) in [5.41, 5.74) is 6.65. The summed E-state index contributed by atoms with van der Waals surface area (Å²) in [6.07, 6.45) is 4.81. The van der Waals surface area contributed by atoms with Crippen LogP contribution in [0.25, 0.3) is 0 Å². The van der Waals surface area contributed by atoms with E-state index in [-0.39, 0.29) is 5.54 Å². The van der Waals surface area contributed by atoms with E-state index in [2.05, 4.69) is 25.7 Å². The number of piperazine rings is 1. The summed E-state index contributed by atoms with van der Waals surface area (Å²) in [6.45, 7) is 10.5. The fourth-order valence-electron chi connectivity index (χ4n) is 4.29. The molecule has 1 heterocycles. The minimum Gasteiger partial charge on any atom is -0.329 e. The summed E-state index contributed by atoms with van der Waals surface area (Å²) >= 11 is 0. The van der Waals surface area contributed by atoms with Crippen LogP contribution in [0.3, 0.4) is 0 Å². The summed E-state index contributed by atoms with van der Waals surface area (Å²) < 4.78 is 24.9. The molecule has 0 bridgehead atoms. The van der Waals surface area contributed by atoms with Crippen LogP contribution in [0.2, 0.25) is 0 Å². The van der Waals surface area contributed by atoms with E-state index in [4.69, 9.17) is 5.73 Å². The first-order chi connectivity index (χ1) is 9.61. The highest BCUT2D eigenvalue weighted by Crippen LogP contribution is 2.46. The largest absolute Gasteiger partial charge is 0.329 e. The second-order valence-electron chi connectivity index (χ2n) is 7.73. The molecule has 2 fully saturated rings. The number of rotatable bonds is 3. The molecule has 124 valence electrons. The normalized spacial score (nSPS) is 35.8. The third kappa shape index (κ3) is 3.44. The lowest BCUT2D eigenvalue weighted by Gasteiger charge is -2.55. The van der Waals surface area contributed by atoms with Gasteiger partial charge in [0.05, 0.1) is 6.26 Å². The van der Waals surface area contributed by atoms with Crippen LogP contribution < -0.4 is 5.73 Å². The maximum Gasteiger partial charge on any atom is 0.211 e. The summed E-state index contributed by atoms with van der Waals surface area (Å²) in [6, 6.07) is 0. The van der Waals surface area contributed by atoms with Crippen LogP contribution in [-0.2, 0) is 10.0 Å². The Hall–Kier alpha value is -0.170. The van der Waals surface area contributed by atoms with Crippen molar-refractivity contribution in [3.8, 4) is 0 Å². The Labute approximate surface area is 129 Å². The molecule has 1 aliphatic carbocycles. The van der Waals surface area contributed by atoms with Gasteiger partial charge < -0.3 is 5.73 Å². The maximum atomic E-state index is 11.7.